The molecule has 1 unspecified atom stereocenters. The largest absolute Gasteiger partial charge is 0.372 e. The molecule has 5 heterocycles. The van der Waals surface area contributed by atoms with Crippen LogP contribution < -0.4 is 0 Å². The van der Waals surface area contributed by atoms with Crippen LogP contribution in [-0.4, -0.2) is 54.1 Å². The van der Waals surface area contributed by atoms with E-state index in [0.29, 0.717) is 30.2 Å². The van der Waals surface area contributed by atoms with E-state index in [1.807, 2.05) is 75.9 Å². The van der Waals surface area contributed by atoms with E-state index in [2.05, 4.69) is 15.2 Å². The lowest BCUT2D eigenvalue weighted by Crippen LogP contribution is -2.43. The van der Waals surface area contributed by atoms with E-state index in [4.69, 9.17) is 4.74 Å². The third-order valence-corrected chi connectivity index (χ3v) is 5.70. The predicted molar refractivity (Wildman–Crippen MR) is 115 cm³/mol. The van der Waals surface area contributed by atoms with Gasteiger partial charge in [-0.1, -0.05) is 6.07 Å². The zero-order valence-electron chi connectivity index (χ0n) is 17.4. The number of aryl methyl sites for hydroxylation is 1. The Morgan fingerprint density at radius 1 is 1.19 bits per heavy atom. The molecule has 0 radical (unpaired) electrons. The van der Waals surface area contributed by atoms with Crippen molar-refractivity contribution in [3.63, 3.8) is 0 Å². The number of hydrogen-bond acceptors (Lipinski definition) is 5. The summed E-state index contributed by atoms with van der Waals surface area (Å²) in [7, 11) is 1.96. The topological polar surface area (TPSA) is 77.5 Å². The fourth-order valence-electron chi connectivity index (χ4n) is 4.02. The van der Waals surface area contributed by atoms with Crippen LogP contribution >= 0.6 is 0 Å². The summed E-state index contributed by atoms with van der Waals surface area (Å²) in [5.74, 6) is 0.719. The second-order valence-electron chi connectivity index (χ2n) is 7.86. The second-order valence-corrected chi connectivity index (χ2v) is 7.86. The van der Waals surface area contributed by atoms with E-state index >= 15 is 0 Å². The van der Waals surface area contributed by atoms with Gasteiger partial charge >= 0.3 is 0 Å². The second kappa shape index (κ2) is 8.31. The molecule has 158 valence electrons. The van der Waals surface area contributed by atoms with Gasteiger partial charge in [-0.25, -0.2) is 0 Å². The number of aromatic nitrogens is 5. The van der Waals surface area contributed by atoms with Gasteiger partial charge in [0.2, 0.25) is 0 Å². The molecule has 1 aliphatic heterocycles. The number of amides is 1. The quantitative estimate of drug-likeness (QED) is 0.500. The van der Waals surface area contributed by atoms with Crippen molar-refractivity contribution in [3.8, 4) is 11.5 Å². The first-order chi connectivity index (χ1) is 15.2. The third kappa shape index (κ3) is 3.94. The molecule has 0 spiro atoms. The highest BCUT2D eigenvalue weighted by Gasteiger charge is 2.25. The number of likely N-dealkylation sites (tertiary alicyclic amines) is 1. The third-order valence-electron chi connectivity index (χ3n) is 5.70. The van der Waals surface area contributed by atoms with E-state index in [0.717, 1.165) is 30.6 Å². The van der Waals surface area contributed by atoms with Crippen molar-refractivity contribution in [2.45, 2.75) is 25.6 Å². The molecule has 1 atom stereocenters. The SMILES string of the molecule is Cn1cccc1-c1nnc2ccc(C(=O)N3CCCC(OCc4cccnc4)C3)cn12. The Balaban J connectivity index is 1.33. The Morgan fingerprint density at radius 2 is 2.13 bits per heavy atom. The van der Waals surface area contributed by atoms with Crippen LogP contribution in [0.25, 0.3) is 17.2 Å². The van der Waals surface area contributed by atoms with E-state index < -0.39 is 0 Å². The molecule has 0 aromatic carbocycles. The van der Waals surface area contributed by atoms with Crippen LogP contribution in [0.4, 0.5) is 0 Å². The number of carbonyl (C=O) groups excluding carboxylic acids is 1. The molecule has 8 nitrogen and oxygen atoms in total. The summed E-state index contributed by atoms with van der Waals surface area (Å²) in [6.07, 6.45) is 9.25. The Morgan fingerprint density at radius 3 is 2.94 bits per heavy atom. The van der Waals surface area contributed by atoms with Gasteiger partial charge in [-0.05, 0) is 48.7 Å². The number of hydrogen-bond donors (Lipinski definition) is 0. The van der Waals surface area contributed by atoms with Crippen molar-refractivity contribution in [3.05, 3.63) is 72.3 Å². The zero-order valence-corrected chi connectivity index (χ0v) is 17.4. The van der Waals surface area contributed by atoms with Crippen molar-refractivity contribution < 1.29 is 9.53 Å². The molecule has 5 rings (SSSR count). The van der Waals surface area contributed by atoms with E-state index in [-0.39, 0.29) is 12.0 Å². The van der Waals surface area contributed by atoms with Gasteiger partial charge in [0.05, 0.1) is 24.0 Å². The van der Waals surface area contributed by atoms with Crippen molar-refractivity contribution in [1.82, 2.24) is 29.0 Å². The summed E-state index contributed by atoms with van der Waals surface area (Å²) in [5.41, 5.74) is 3.32. The highest BCUT2D eigenvalue weighted by molar-refractivity contribution is 5.94. The minimum absolute atomic E-state index is 0.00288. The first kappa shape index (κ1) is 19.4. The van der Waals surface area contributed by atoms with Gasteiger partial charge in [0.1, 0.15) is 0 Å². The molecule has 1 saturated heterocycles. The molecule has 0 bridgehead atoms. The number of rotatable bonds is 5. The smallest absolute Gasteiger partial charge is 0.255 e. The average Bonchev–Trinajstić information content (AvgIpc) is 3.43. The van der Waals surface area contributed by atoms with Crippen LogP contribution in [0.1, 0.15) is 28.8 Å². The fraction of sp³-hybridized carbons (Fsp3) is 0.304. The van der Waals surface area contributed by atoms with E-state index in [1.54, 1.807) is 6.20 Å². The van der Waals surface area contributed by atoms with Gasteiger partial charge in [-0.2, -0.15) is 0 Å². The Hall–Kier alpha value is -3.52. The summed E-state index contributed by atoms with van der Waals surface area (Å²) in [4.78, 5) is 19.3. The van der Waals surface area contributed by atoms with Gasteiger partial charge < -0.3 is 14.2 Å². The van der Waals surface area contributed by atoms with Crippen molar-refractivity contribution in [1.29, 1.82) is 0 Å². The van der Waals surface area contributed by atoms with Gasteiger partial charge in [0.25, 0.3) is 5.91 Å². The maximum absolute atomic E-state index is 13.3. The molecule has 0 aliphatic carbocycles. The summed E-state index contributed by atoms with van der Waals surface area (Å²) >= 11 is 0. The first-order valence-electron chi connectivity index (χ1n) is 10.5. The lowest BCUT2D eigenvalue weighted by Gasteiger charge is -2.32. The highest BCUT2D eigenvalue weighted by atomic mass is 16.5. The number of ether oxygens (including phenoxy) is 1. The monoisotopic (exact) mass is 416 g/mol. The van der Waals surface area contributed by atoms with Crippen molar-refractivity contribution in [2.75, 3.05) is 13.1 Å². The molecule has 1 aliphatic rings. The van der Waals surface area contributed by atoms with Gasteiger partial charge in [0.15, 0.2) is 11.5 Å². The van der Waals surface area contributed by atoms with Gasteiger partial charge in [-0.15, -0.1) is 10.2 Å². The molecular weight excluding hydrogens is 392 g/mol. The molecule has 31 heavy (non-hydrogen) atoms. The molecule has 1 amide bonds. The van der Waals surface area contributed by atoms with Crippen molar-refractivity contribution >= 4 is 11.6 Å². The lowest BCUT2D eigenvalue weighted by molar-refractivity contribution is -0.00682. The number of pyridine rings is 2. The minimum Gasteiger partial charge on any atom is -0.372 e. The van der Waals surface area contributed by atoms with E-state index in [9.17, 15) is 4.79 Å². The van der Waals surface area contributed by atoms with Gasteiger partial charge in [-0.3, -0.25) is 14.2 Å². The molecule has 0 saturated carbocycles. The average molecular weight is 416 g/mol. The Bertz CT molecular complexity index is 1200. The summed E-state index contributed by atoms with van der Waals surface area (Å²) in [5, 5.41) is 8.56. The van der Waals surface area contributed by atoms with Gasteiger partial charge in [0, 0.05) is 44.9 Å². The number of fused-ring (bicyclic) bond motifs is 1. The van der Waals surface area contributed by atoms with Crippen LogP contribution in [0.5, 0.6) is 0 Å². The van der Waals surface area contributed by atoms with Crippen LogP contribution in [0, 0.1) is 0 Å². The zero-order chi connectivity index (χ0) is 21.2. The van der Waals surface area contributed by atoms with Crippen LogP contribution in [0.15, 0.2) is 61.2 Å². The molecule has 4 aromatic rings. The lowest BCUT2D eigenvalue weighted by atomic mass is 10.1. The molecular formula is C23H24N6O2. The molecule has 1 fully saturated rings. The summed E-state index contributed by atoms with van der Waals surface area (Å²) in [6, 6.07) is 11.5. The Kier molecular flexibility index (Phi) is 5.21. The summed E-state index contributed by atoms with van der Waals surface area (Å²) < 4.78 is 9.93. The fourth-order valence-corrected chi connectivity index (χ4v) is 4.02. The maximum atomic E-state index is 13.3. The van der Waals surface area contributed by atoms with Crippen LogP contribution in [0.3, 0.4) is 0 Å². The normalized spacial score (nSPS) is 16.7. The number of piperidine rings is 1. The number of carbonyl (C=O) groups is 1. The molecule has 0 N–H and O–H groups in total. The first-order valence-corrected chi connectivity index (χ1v) is 10.5. The highest BCUT2D eigenvalue weighted by Crippen LogP contribution is 2.21. The Labute approximate surface area is 180 Å². The standard InChI is InChI=1S/C23H24N6O2/c1-27-11-4-7-20(27)22-26-25-21-9-8-18(14-29(21)22)23(30)28-12-3-6-19(15-28)31-16-17-5-2-10-24-13-17/h2,4-5,7-11,13-14,19H,3,6,12,15-16H2,1H3. The molecule has 8 heteroatoms. The van der Waals surface area contributed by atoms with Crippen LogP contribution in [0.2, 0.25) is 0 Å². The predicted octanol–water partition coefficient (Wildman–Crippen LogP) is 2.95. The van der Waals surface area contributed by atoms with Crippen LogP contribution in [-0.2, 0) is 18.4 Å². The molecule has 4 aromatic heterocycles. The van der Waals surface area contributed by atoms with Crippen molar-refractivity contribution in [2.24, 2.45) is 7.05 Å². The number of nitrogens with zero attached hydrogens (tertiary/aromatic N) is 6. The summed E-state index contributed by atoms with van der Waals surface area (Å²) in [6.45, 7) is 1.83. The van der Waals surface area contributed by atoms with E-state index in [1.165, 1.54) is 0 Å². The minimum atomic E-state index is 0.00288. The maximum Gasteiger partial charge on any atom is 0.255 e.